The van der Waals surface area contributed by atoms with Crippen molar-refractivity contribution in [2.75, 3.05) is 30.8 Å². The van der Waals surface area contributed by atoms with Gasteiger partial charge in [-0.15, -0.1) is 0 Å². The van der Waals surface area contributed by atoms with Crippen molar-refractivity contribution in [3.63, 3.8) is 0 Å². The maximum absolute atomic E-state index is 12.4. The van der Waals surface area contributed by atoms with Gasteiger partial charge in [0.25, 0.3) is 5.91 Å². The molecule has 0 aliphatic carbocycles. The van der Waals surface area contributed by atoms with Gasteiger partial charge < -0.3 is 14.8 Å². The van der Waals surface area contributed by atoms with E-state index in [1.165, 1.54) is 16.9 Å². The summed E-state index contributed by atoms with van der Waals surface area (Å²) in [5, 5.41) is 2.82. The van der Waals surface area contributed by atoms with Crippen LogP contribution in [0.1, 0.15) is 25.8 Å². The molecule has 0 saturated heterocycles. The number of amides is 1. The summed E-state index contributed by atoms with van der Waals surface area (Å²) in [6.45, 7) is 4.69. The van der Waals surface area contributed by atoms with Crippen LogP contribution >= 0.6 is 0 Å². The predicted octanol–water partition coefficient (Wildman–Crippen LogP) is 3.00. The fraction of sp³-hybridized carbons (Fsp3) is 0.409. The highest BCUT2D eigenvalue weighted by molar-refractivity contribution is 7.92. The molecule has 1 N–H and O–H groups in total. The normalized spacial score (nSPS) is 12.1. The van der Waals surface area contributed by atoms with Gasteiger partial charge in [0, 0.05) is 7.05 Å². The molecule has 2 rings (SSSR count). The number of sulfonamides is 1. The number of rotatable bonds is 11. The molecule has 2 aromatic carbocycles. The SMILES string of the molecule is CCc1ccc(OCCNC(=O)[C@@H](CC)Oc2ccc(N(C)S(C)(=O)=O)cc2)cc1. The Labute approximate surface area is 179 Å². The van der Waals surface area contributed by atoms with Crippen LogP contribution in [0.5, 0.6) is 11.5 Å². The largest absolute Gasteiger partial charge is 0.492 e. The first-order valence-electron chi connectivity index (χ1n) is 9.94. The first-order valence-corrected chi connectivity index (χ1v) is 11.8. The van der Waals surface area contributed by atoms with E-state index in [0.717, 1.165) is 18.4 Å². The standard InChI is InChI=1S/C22H30N2O5S/c1-5-17-7-11-19(12-8-17)28-16-15-23-22(25)21(6-2)29-20-13-9-18(10-14-20)24(3)30(4,26)27/h7-14,21H,5-6,15-16H2,1-4H3,(H,23,25)/t21-/m1/s1. The number of benzene rings is 2. The highest BCUT2D eigenvalue weighted by Crippen LogP contribution is 2.21. The van der Waals surface area contributed by atoms with Crippen molar-refractivity contribution >= 4 is 21.6 Å². The molecule has 1 atom stereocenters. The van der Waals surface area contributed by atoms with E-state index < -0.39 is 16.1 Å². The first-order chi connectivity index (χ1) is 14.2. The second-order valence-electron chi connectivity index (χ2n) is 6.88. The summed E-state index contributed by atoms with van der Waals surface area (Å²) in [5.41, 5.74) is 1.76. The van der Waals surface area contributed by atoms with Crippen LogP contribution in [0.15, 0.2) is 48.5 Å². The van der Waals surface area contributed by atoms with E-state index in [2.05, 4.69) is 12.2 Å². The molecule has 30 heavy (non-hydrogen) atoms. The van der Waals surface area contributed by atoms with Crippen molar-refractivity contribution in [3.05, 3.63) is 54.1 Å². The Morgan fingerprint density at radius 1 is 1.03 bits per heavy atom. The molecule has 0 unspecified atom stereocenters. The van der Waals surface area contributed by atoms with Crippen LogP contribution in [0.3, 0.4) is 0 Å². The number of carbonyl (C=O) groups is 1. The van der Waals surface area contributed by atoms with Crippen molar-refractivity contribution in [3.8, 4) is 11.5 Å². The van der Waals surface area contributed by atoms with E-state index in [1.807, 2.05) is 31.2 Å². The van der Waals surface area contributed by atoms with Crippen LogP contribution in [-0.4, -0.2) is 46.9 Å². The second-order valence-corrected chi connectivity index (χ2v) is 8.89. The molecule has 0 bridgehead atoms. The summed E-state index contributed by atoms with van der Waals surface area (Å²) in [4.78, 5) is 12.4. The molecule has 0 aromatic heterocycles. The van der Waals surface area contributed by atoms with Crippen molar-refractivity contribution in [2.24, 2.45) is 0 Å². The van der Waals surface area contributed by atoms with Crippen LogP contribution in [0.4, 0.5) is 5.69 Å². The lowest BCUT2D eigenvalue weighted by Gasteiger charge is -2.19. The van der Waals surface area contributed by atoms with Crippen LogP contribution in [0.25, 0.3) is 0 Å². The molecule has 0 heterocycles. The Kier molecular flexibility index (Phi) is 8.53. The fourth-order valence-electron chi connectivity index (χ4n) is 2.69. The molecule has 7 nitrogen and oxygen atoms in total. The quantitative estimate of drug-likeness (QED) is 0.550. The molecule has 8 heteroatoms. The number of aryl methyl sites for hydroxylation is 1. The summed E-state index contributed by atoms with van der Waals surface area (Å²) in [7, 11) is -1.85. The van der Waals surface area contributed by atoms with Crippen molar-refractivity contribution < 1.29 is 22.7 Å². The lowest BCUT2D eigenvalue weighted by Crippen LogP contribution is -2.39. The van der Waals surface area contributed by atoms with E-state index in [0.29, 0.717) is 31.0 Å². The van der Waals surface area contributed by atoms with E-state index in [9.17, 15) is 13.2 Å². The van der Waals surface area contributed by atoms with Crippen molar-refractivity contribution in [2.45, 2.75) is 32.8 Å². The third-order valence-electron chi connectivity index (χ3n) is 4.64. The van der Waals surface area contributed by atoms with E-state index in [4.69, 9.17) is 9.47 Å². The molecule has 2 aromatic rings. The molecule has 164 valence electrons. The third kappa shape index (κ3) is 6.95. The molecule has 0 fully saturated rings. The molecule has 0 aliphatic rings. The van der Waals surface area contributed by atoms with Crippen molar-refractivity contribution in [1.82, 2.24) is 5.32 Å². The number of anilines is 1. The van der Waals surface area contributed by atoms with Gasteiger partial charge in [0.05, 0.1) is 18.5 Å². The van der Waals surface area contributed by atoms with Gasteiger partial charge >= 0.3 is 0 Å². The summed E-state index contributed by atoms with van der Waals surface area (Å²) in [6, 6.07) is 14.5. The maximum Gasteiger partial charge on any atom is 0.261 e. The smallest absolute Gasteiger partial charge is 0.261 e. The van der Waals surface area contributed by atoms with Gasteiger partial charge in [0.15, 0.2) is 6.10 Å². The van der Waals surface area contributed by atoms with Gasteiger partial charge in [0.2, 0.25) is 10.0 Å². The highest BCUT2D eigenvalue weighted by atomic mass is 32.2. The van der Waals surface area contributed by atoms with Gasteiger partial charge in [-0.3, -0.25) is 9.10 Å². The maximum atomic E-state index is 12.4. The number of nitrogens with zero attached hydrogens (tertiary/aromatic N) is 1. The Bertz CT molecular complexity index is 912. The summed E-state index contributed by atoms with van der Waals surface area (Å²) < 4.78 is 35.8. The van der Waals surface area contributed by atoms with Gasteiger partial charge in [-0.25, -0.2) is 8.42 Å². The monoisotopic (exact) mass is 434 g/mol. The number of ether oxygens (including phenoxy) is 2. The predicted molar refractivity (Wildman–Crippen MR) is 119 cm³/mol. The minimum atomic E-state index is -3.33. The lowest BCUT2D eigenvalue weighted by molar-refractivity contribution is -0.128. The van der Waals surface area contributed by atoms with E-state index >= 15 is 0 Å². The third-order valence-corrected chi connectivity index (χ3v) is 5.85. The van der Waals surface area contributed by atoms with Crippen LogP contribution in [-0.2, 0) is 21.2 Å². The van der Waals surface area contributed by atoms with E-state index in [1.54, 1.807) is 24.3 Å². The summed E-state index contributed by atoms with van der Waals surface area (Å²) in [5.74, 6) is 1.04. The number of hydrogen-bond donors (Lipinski definition) is 1. The van der Waals surface area contributed by atoms with Crippen molar-refractivity contribution in [1.29, 1.82) is 0 Å². The Morgan fingerprint density at radius 3 is 2.17 bits per heavy atom. The highest BCUT2D eigenvalue weighted by Gasteiger charge is 2.18. The minimum absolute atomic E-state index is 0.222. The summed E-state index contributed by atoms with van der Waals surface area (Å²) >= 11 is 0. The van der Waals surface area contributed by atoms with Crippen LogP contribution in [0, 0.1) is 0 Å². The van der Waals surface area contributed by atoms with Gasteiger partial charge in [0.1, 0.15) is 18.1 Å². The number of hydrogen-bond acceptors (Lipinski definition) is 5. The van der Waals surface area contributed by atoms with Gasteiger partial charge in [-0.1, -0.05) is 26.0 Å². The van der Waals surface area contributed by atoms with Crippen LogP contribution in [0.2, 0.25) is 0 Å². The average Bonchev–Trinajstić information content (AvgIpc) is 2.74. The zero-order chi connectivity index (χ0) is 22.1. The zero-order valence-electron chi connectivity index (χ0n) is 17.9. The Morgan fingerprint density at radius 2 is 1.63 bits per heavy atom. The molecule has 0 aliphatic heterocycles. The number of carbonyl (C=O) groups excluding carboxylic acids is 1. The van der Waals surface area contributed by atoms with Crippen LogP contribution < -0.4 is 19.1 Å². The minimum Gasteiger partial charge on any atom is -0.492 e. The first kappa shape index (κ1) is 23.5. The molecule has 0 radical (unpaired) electrons. The van der Waals surface area contributed by atoms with Gasteiger partial charge in [-0.05, 0) is 54.8 Å². The molecular weight excluding hydrogens is 404 g/mol. The Hall–Kier alpha value is -2.74. The number of nitrogens with one attached hydrogen (secondary N) is 1. The molecular formula is C22H30N2O5S. The summed E-state index contributed by atoms with van der Waals surface area (Å²) in [6.07, 6.45) is 1.97. The topological polar surface area (TPSA) is 84.9 Å². The van der Waals surface area contributed by atoms with Gasteiger partial charge in [-0.2, -0.15) is 0 Å². The lowest BCUT2D eigenvalue weighted by atomic mass is 10.2. The fourth-order valence-corrected chi connectivity index (χ4v) is 3.20. The molecule has 0 saturated carbocycles. The van der Waals surface area contributed by atoms with E-state index in [-0.39, 0.29) is 5.91 Å². The zero-order valence-corrected chi connectivity index (χ0v) is 18.7. The Balaban J connectivity index is 1.82. The second kappa shape index (κ2) is 10.9. The molecule has 1 amide bonds. The average molecular weight is 435 g/mol. The molecule has 0 spiro atoms.